The standard InChI is InChI=1S/C26H29N5O3S.C2HF3O2/c1-35(33,34)23-8-3-2-7-22(23)18-9-11-20(12-10-18)30-25(32)26(13-15-29-16-14-26)31-21-6-4-5-19(17-21)24(27)28;3-2(4,5)1(6)7/h2-12,17,29,31H,13-16H2,1H3,(H3,27,28)(H,30,32);(H,6,7). The van der Waals surface area contributed by atoms with Gasteiger partial charge in [0.25, 0.3) is 0 Å². The zero-order chi connectivity index (χ0) is 31.1. The van der Waals surface area contributed by atoms with Crippen molar-refractivity contribution >= 4 is 38.9 Å². The number of hydrogen-bond donors (Lipinski definition) is 6. The Labute approximate surface area is 240 Å². The first-order chi connectivity index (χ1) is 19.6. The van der Waals surface area contributed by atoms with Crippen LogP contribution in [0, 0.1) is 5.41 Å². The molecule has 0 spiro atoms. The number of carbonyl (C=O) groups is 2. The fourth-order valence-electron chi connectivity index (χ4n) is 4.32. The van der Waals surface area contributed by atoms with Crippen LogP contribution in [0.3, 0.4) is 0 Å². The summed E-state index contributed by atoms with van der Waals surface area (Å²) in [5, 5.41) is 24.5. The molecule has 0 aliphatic carbocycles. The van der Waals surface area contributed by atoms with Gasteiger partial charge in [-0.25, -0.2) is 13.2 Å². The van der Waals surface area contributed by atoms with Gasteiger partial charge in [0, 0.05) is 28.8 Å². The van der Waals surface area contributed by atoms with Crippen LogP contribution < -0.4 is 21.7 Å². The van der Waals surface area contributed by atoms with Crippen molar-refractivity contribution in [2.24, 2.45) is 5.73 Å². The Hall–Kier alpha value is -4.43. The number of nitrogens with two attached hydrogens (primary N) is 1. The highest BCUT2D eigenvalue weighted by atomic mass is 32.2. The predicted molar refractivity (Wildman–Crippen MR) is 153 cm³/mol. The van der Waals surface area contributed by atoms with Gasteiger partial charge < -0.3 is 26.8 Å². The van der Waals surface area contributed by atoms with Gasteiger partial charge in [0.15, 0.2) is 9.84 Å². The first-order valence-corrected chi connectivity index (χ1v) is 14.5. The van der Waals surface area contributed by atoms with Crippen molar-refractivity contribution in [1.29, 1.82) is 5.41 Å². The quantitative estimate of drug-likeness (QED) is 0.174. The smallest absolute Gasteiger partial charge is 0.475 e. The minimum Gasteiger partial charge on any atom is -0.475 e. The second-order valence-corrected chi connectivity index (χ2v) is 11.5. The van der Waals surface area contributed by atoms with E-state index in [-0.39, 0.29) is 16.6 Å². The van der Waals surface area contributed by atoms with Gasteiger partial charge >= 0.3 is 12.1 Å². The van der Waals surface area contributed by atoms with Gasteiger partial charge in [-0.1, -0.05) is 42.5 Å². The Balaban J connectivity index is 0.000000616. The Kier molecular flexibility index (Phi) is 9.96. The molecule has 1 aliphatic heterocycles. The SMILES string of the molecule is CS(=O)(=O)c1ccccc1-c1ccc(NC(=O)C2(Nc3cccc(C(=N)N)c3)CCNCC2)cc1.O=C(O)C(F)(F)F. The average Bonchev–Trinajstić information content (AvgIpc) is 2.93. The molecule has 1 aliphatic rings. The number of hydrogen-bond acceptors (Lipinski definition) is 7. The molecule has 1 heterocycles. The summed E-state index contributed by atoms with van der Waals surface area (Å²) in [6.45, 7) is 1.38. The molecule has 0 bridgehead atoms. The van der Waals surface area contributed by atoms with E-state index in [9.17, 15) is 26.4 Å². The molecule has 3 aromatic rings. The van der Waals surface area contributed by atoms with Crippen LogP contribution in [0.1, 0.15) is 18.4 Å². The van der Waals surface area contributed by atoms with E-state index >= 15 is 0 Å². The lowest BCUT2D eigenvalue weighted by Gasteiger charge is -2.38. The maximum atomic E-state index is 13.5. The van der Waals surface area contributed by atoms with E-state index < -0.39 is 27.5 Å². The van der Waals surface area contributed by atoms with Crippen molar-refractivity contribution in [3.8, 4) is 11.1 Å². The molecular weight excluding hydrogens is 575 g/mol. The van der Waals surface area contributed by atoms with E-state index in [0.717, 1.165) is 11.3 Å². The number of anilines is 2. The van der Waals surface area contributed by atoms with E-state index in [0.29, 0.717) is 42.7 Å². The van der Waals surface area contributed by atoms with Gasteiger partial charge in [-0.3, -0.25) is 10.2 Å². The monoisotopic (exact) mass is 605 g/mol. The van der Waals surface area contributed by atoms with Crippen molar-refractivity contribution in [1.82, 2.24) is 5.32 Å². The Morgan fingerprint density at radius 2 is 1.57 bits per heavy atom. The molecule has 0 aromatic heterocycles. The number of carbonyl (C=O) groups excluding carboxylic acids is 1. The van der Waals surface area contributed by atoms with Crippen molar-refractivity contribution in [3.63, 3.8) is 0 Å². The van der Waals surface area contributed by atoms with E-state index in [1.807, 2.05) is 6.07 Å². The maximum Gasteiger partial charge on any atom is 0.490 e. The number of benzene rings is 3. The van der Waals surface area contributed by atoms with Gasteiger partial charge in [-0.15, -0.1) is 0 Å². The minimum absolute atomic E-state index is 0.0324. The molecule has 1 saturated heterocycles. The summed E-state index contributed by atoms with van der Waals surface area (Å²) < 4.78 is 56.1. The lowest BCUT2D eigenvalue weighted by atomic mass is 9.86. The van der Waals surface area contributed by atoms with Crippen molar-refractivity contribution < 1.29 is 36.3 Å². The summed E-state index contributed by atoms with van der Waals surface area (Å²) in [6.07, 6.45) is -2.72. The van der Waals surface area contributed by atoms with Crippen LogP contribution in [-0.4, -0.2) is 62.3 Å². The summed E-state index contributed by atoms with van der Waals surface area (Å²) in [5.41, 5.74) is 8.10. The van der Waals surface area contributed by atoms with Gasteiger partial charge in [0.1, 0.15) is 11.4 Å². The van der Waals surface area contributed by atoms with Crippen molar-refractivity contribution in [2.75, 3.05) is 30.0 Å². The number of alkyl halides is 3. The first kappa shape index (κ1) is 32.1. The third-order valence-corrected chi connectivity index (χ3v) is 7.59. The minimum atomic E-state index is -5.08. The highest BCUT2D eigenvalue weighted by Gasteiger charge is 2.40. The molecule has 4 rings (SSSR count). The Morgan fingerprint density at radius 1 is 0.976 bits per heavy atom. The van der Waals surface area contributed by atoms with Crippen LogP contribution in [0.5, 0.6) is 0 Å². The summed E-state index contributed by atoms with van der Waals surface area (Å²) >= 11 is 0. The topological polar surface area (TPSA) is 174 Å². The number of nitrogen functional groups attached to an aromatic ring is 1. The van der Waals surface area contributed by atoms with Crippen LogP contribution in [0.25, 0.3) is 11.1 Å². The molecule has 3 aromatic carbocycles. The molecule has 0 saturated carbocycles. The number of halogens is 3. The van der Waals surface area contributed by atoms with Gasteiger partial charge in [-0.2, -0.15) is 13.2 Å². The number of carboxylic acid groups (broad SMARTS) is 1. The largest absolute Gasteiger partial charge is 0.490 e. The maximum absolute atomic E-state index is 13.5. The van der Waals surface area contributed by atoms with Crippen LogP contribution in [0.4, 0.5) is 24.5 Å². The van der Waals surface area contributed by atoms with Crippen molar-refractivity contribution in [3.05, 3.63) is 78.4 Å². The number of piperidine rings is 1. The fraction of sp³-hybridized carbons (Fsp3) is 0.250. The number of aliphatic carboxylic acids is 1. The number of carboxylic acids is 1. The summed E-state index contributed by atoms with van der Waals surface area (Å²) in [7, 11) is -3.38. The third-order valence-electron chi connectivity index (χ3n) is 6.43. The molecule has 42 heavy (non-hydrogen) atoms. The molecule has 224 valence electrons. The number of nitrogens with one attached hydrogen (secondary N) is 4. The van der Waals surface area contributed by atoms with Gasteiger partial charge in [-0.05, 0) is 61.8 Å². The first-order valence-electron chi connectivity index (χ1n) is 12.6. The molecule has 7 N–H and O–H groups in total. The van der Waals surface area contributed by atoms with E-state index in [2.05, 4.69) is 16.0 Å². The lowest BCUT2D eigenvalue weighted by molar-refractivity contribution is -0.192. The highest BCUT2D eigenvalue weighted by molar-refractivity contribution is 7.90. The van der Waals surface area contributed by atoms with Crippen LogP contribution in [0.2, 0.25) is 0 Å². The Morgan fingerprint density at radius 3 is 2.12 bits per heavy atom. The molecule has 0 atom stereocenters. The molecule has 14 heteroatoms. The van der Waals surface area contributed by atoms with Crippen LogP contribution in [-0.2, 0) is 19.4 Å². The molecule has 0 unspecified atom stereocenters. The molecule has 0 radical (unpaired) electrons. The lowest BCUT2D eigenvalue weighted by Crippen LogP contribution is -2.55. The van der Waals surface area contributed by atoms with Gasteiger partial charge in [0.05, 0.1) is 4.90 Å². The van der Waals surface area contributed by atoms with Crippen molar-refractivity contribution in [2.45, 2.75) is 29.5 Å². The molecular formula is C28H30F3N5O5S. The summed E-state index contributed by atoms with van der Waals surface area (Å²) in [5.74, 6) is -2.95. The molecule has 10 nitrogen and oxygen atoms in total. The second kappa shape index (κ2) is 13.0. The number of sulfone groups is 1. The average molecular weight is 606 g/mol. The number of rotatable bonds is 7. The zero-order valence-electron chi connectivity index (χ0n) is 22.5. The summed E-state index contributed by atoms with van der Waals surface area (Å²) in [6, 6.07) is 21.2. The third kappa shape index (κ3) is 8.30. The Bertz CT molecular complexity index is 1550. The van der Waals surface area contributed by atoms with E-state index in [1.54, 1.807) is 66.7 Å². The fourth-order valence-corrected chi connectivity index (χ4v) is 5.23. The van der Waals surface area contributed by atoms with E-state index in [4.69, 9.17) is 21.0 Å². The van der Waals surface area contributed by atoms with E-state index in [1.165, 1.54) is 6.26 Å². The highest BCUT2D eigenvalue weighted by Crippen LogP contribution is 2.30. The molecule has 1 fully saturated rings. The van der Waals surface area contributed by atoms with Gasteiger partial charge in [0.2, 0.25) is 5.91 Å². The zero-order valence-corrected chi connectivity index (χ0v) is 23.3. The van der Waals surface area contributed by atoms with Crippen LogP contribution >= 0.6 is 0 Å². The van der Waals surface area contributed by atoms with Crippen LogP contribution in [0.15, 0.2) is 77.7 Å². The predicted octanol–water partition coefficient (Wildman–Crippen LogP) is 3.85. The second-order valence-electron chi connectivity index (χ2n) is 9.55. The molecule has 1 amide bonds. The number of amides is 1. The normalized spacial score (nSPS) is 14.6. The summed E-state index contributed by atoms with van der Waals surface area (Å²) in [4.78, 5) is 22.7. The number of amidine groups is 1.